The molecule has 28 heavy (non-hydrogen) atoms. The molecule has 0 aromatic heterocycles. The van der Waals surface area contributed by atoms with Crippen LogP contribution in [0.25, 0.3) is 0 Å². The van der Waals surface area contributed by atoms with Gasteiger partial charge < -0.3 is 0 Å². The zero-order valence-corrected chi connectivity index (χ0v) is 16.0. The van der Waals surface area contributed by atoms with Crippen LogP contribution in [-0.2, 0) is 13.7 Å². The molecule has 3 rings (SSSR count). The van der Waals surface area contributed by atoms with Crippen LogP contribution in [-0.4, -0.2) is 8.42 Å². The van der Waals surface area contributed by atoms with Crippen LogP contribution in [0.5, 0.6) is 0 Å². The molecule has 152 valence electrons. The quantitative estimate of drug-likeness (QED) is 0.255. The molecule has 0 radical (unpaired) electrons. The van der Waals surface area contributed by atoms with E-state index in [4.69, 9.17) is 0 Å². The van der Waals surface area contributed by atoms with Gasteiger partial charge in [0.2, 0.25) is 5.82 Å². The SMILES string of the molecule is O=S(=O)(OSc1ccc(C2CCCCC2)cc1)c1c(F)c(F)c(F)c(F)c1F. The van der Waals surface area contributed by atoms with Gasteiger partial charge in [-0.15, -0.1) is 0 Å². The van der Waals surface area contributed by atoms with Gasteiger partial charge in [0.25, 0.3) is 0 Å². The third kappa shape index (κ3) is 4.18. The molecule has 1 aliphatic rings. The van der Waals surface area contributed by atoms with Crippen LogP contribution in [0.15, 0.2) is 34.1 Å². The van der Waals surface area contributed by atoms with E-state index in [2.05, 4.69) is 3.63 Å². The van der Waals surface area contributed by atoms with E-state index < -0.39 is 44.1 Å². The highest BCUT2D eigenvalue weighted by molar-refractivity contribution is 8.04. The summed E-state index contributed by atoms with van der Waals surface area (Å²) in [6.45, 7) is 0. The molecule has 0 spiro atoms. The summed E-state index contributed by atoms with van der Waals surface area (Å²) in [4.78, 5) is -1.72. The maximum Gasteiger partial charge on any atom is 0.314 e. The molecule has 0 unspecified atom stereocenters. The van der Waals surface area contributed by atoms with Crippen molar-refractivity contribution in [2.24, 2.45) is 0 Å². The monoisotopic (exact) mass is 438 g/mol. The molecule has 1 fully saturated rings. The molecule has 1 aliphatic carbocycles. The predicted molar refractivity (Wildman–Crippen MR) is 92.6 cm³/mol. The first kappa shape index (κ1) is 21.1. The summed E-state index contributed by atoms with van der Waals surface area (Å²) in [6, 6.07) is 6.74. The smallest absolute Gasteiger partial charge is 0.202 e. The maximum absolute atomic E-state index is 13.7. The Morgan fingerprint density at radius 1 is 0.786 bits per heavy atom. The van der Waals surface area contributed by atoms with Crippen LogP contribution < -0.4 is 0 Å². The maximum atomic E-state index is 13.7. The van der Waals surface area contributed by atoms with Gasteiger partial charge in [0.15, 0.2) is 28.2 Å². The summed E-state index contributed by atoms with van der Waals surface area (Å²) in [5.41, 5.74) is 1.09. The van der Waals surface area contributed by atoms with E-state index >= 15 is 0 Å². The van der Waals surface area contributed by atoms with Crippen molar-refractivity contribution < 1.29 is 34.0 Å². The van der Waals surface area contributed by atoms with Crippen molar-refractivity contribution in [3.8, 4) is 0 Å². The molecule has 0 atom stereocenters. The van der Waals surface area contributed by atoms with Gasteiger partial charge in [0.1, 0.15) is 0 Å². The second-order valence-electron chi connectivity index (χ2n) is 6.41. The Balaban J connectivity index is 1.77. The zero-order chi connectivity index (χ0) is 20.5. The molecular formula is C18H15F5O3S2. The summed E-state index contributed by atoms with van der Waals surface area (Å²) in [5.74, 6) is -11.7. The van der Waals surface area contributed by atoms with E-state index in [0.29, 0.717) is 10.8 Å². The minimum absolute atomic E-state index is 0.251. The van der Waals surface area contributed by atoms with Crippen LogP contribution in [0.4, 0.5) is 22.0 Å². The van der Waals surface area contributed by atoms with Gasteiger partial charge in [-0.25, -0.2) is 22.0 Å². The molecule has 0 bridgehead atoms. The molecule has 0 N–H and O–H groups in total. The number of hydrogen-bond acceptors (Lipinski definition) is 4. The highest BCUT2D eigenvalue weighted by Gasteiger charge is 2.34. The third-order valence-corrected chi connectivity index (χ3v) is 6.91. The van der Waals surface area contributed by atoms with Crippen molar-refractivity contribution in [3.05, 3.63) is 58.9 Å². The molecule has 0 aliphatic heterocycles. The zero-order valence-electron chi connectivity index (χ0n) is 14.4. The first-order valence-corrected chi connectivity index (χ1v) is 10.6. The number of benzene rings is 2. The minimum atomic E-state index is -5.25. The van der Waals surface area contributed by atoms with Gasteiger partial charge in [-0.1, -0.05) is 31.4 Å². The Morgan fingerprint density at radius 3 is 1.82 bits per heavy atom. The van der Waals surface area contributed by atoms with Gasteiger partial charge in [-0.2, -0.15) is 12.0 Å². The highest BCUT2D eigenvalue weighted by Crippen LogP contribution is 2.35. The molecular weight excluding hydrogens is 423 g/mol. The lowest BCUT2D eigenvalue weighted by molar-refractivity contribution is 0.354. The van der Waals surface area contributed by atoms with Gasteiger partial charge >= 0.3 is 10.1 Å². The fraction of sp³-hybridized carbons (Fsp3) is 0.333. The van der Waals surface area contributed by atoms with E-state index in [0.717, 1.165) is 31.2 Å². The van der Waals surface area contributed by atoms with Crippen LogP contribution in [0.3, 0.4) is 0 Å². The third-order valence-electron chi connectivity index (χ3n) is 4.60. The second-order valence-corrected chi connectivity index (χ2v) is 8.91. The van der Waals surface area contributed by atoms with Crippen molar-refractivity contribution in [1.82, 2.24) is 0 Å². The average Bonchev–Trinajstić information content (AvgIpc) is 2.70. The Kier molecular flexibility index (Phi) is 6.31. The minimum Gasteiger partial charge on any atom is -0.202 e. The lowest BCUT2D eigenvalue weighted by atomic mass is 9.84. The van der Waals surface area contributed by atoms with E-state index in [9.17, 15) is 30.4 Å². The molecule has 1 saturated carbocycles. The molecule has 10 heteroatoms. The number of rotatable bonds is 5. The first-order chi connectivity index (χ1) is 13.2. The summed E-state index contributed by atoms with van der Waals surface area (Å²) in [5, 5.41) is 0. The van der Waals surface area contributed by atoms with E-state index in [1.807, 2.05) is 0 Å². The Morgan fingerprint density at radius 2 is 1.29 bits per heavy atom. The van der Waals surface area contributed by atoms with Crippen LogP contribution in [0, 0.1) is 29.1 Å². The Bertz CT molecular complexity index is 943. The topological polar surface area (TPSA) is 43.4 Å². The number of hydrogen-bond donors (Lipinski definition) is 0. The second kappa shape index (κ2) is 8.38. The summed E-state index contributed by atoms with van der Waals surface area (Å²) in [6.07, 6.45) is 5.62. The van der Waals surface area contributed by atoms with Crippen molar-refractivity contribution >= 4 is 22.2 Å². The van der Waals surface area contributed by atoms with Crippen LogP contribution in [0.2, 0.25) is 0 Å². The fourth-order valence-electron chi connectivity index (χ4n) is 3.15. The normalized spacial score (nSPS) is 15.8. The molecule has 3 nitrogen and oxygen atoms in total. The van der Waals surface area contributed by atoms with E-state index in [1.165, 1.54) is 6.42 Å². The largest absolute Gasteiger partial charge is 0.314 e. The number of halogens is 5. The Hall–Kier alpha value is -1.65. The predicted octanol–water partition coefficient (Wildman–Crippen LogP) is 5.84. The summed E-state index contributed by atoms with van der Waals surface area (Å²) in [7, 11) is -5.25. The lowest BCUT2D eigenvalue weighted by Gasteiger charge is -2.21. The summed E-state index contributed by atoms with van der Waals surface area (Å²) >= 11 is 0.251. The highest BCUT2D eigenvalue weighted by atomic mass is 32.3. The molecule has 2 aromatic rings. The van der Waals surface area contributed by atoms with Crippen molar-refractivity contribution in [3.63, 3.8) is 0 Å². The van der Waals surface area contributed by atoms with Crippen molar-refractivity contribution in [2.75, 3.05) is 0 Å². The van der Waals surface area contributed by atoms with Gasteiger partial charge in [0.05, 0.1) is 0 Å². The Labute approximate surface area is 163 Å². The standard InChI is InChI=1S/C18H15F5O3S2/c19-13-14(20)16(22)18(17(23)15(13)21)28(24,25)26-27-12-8-6-11(7-9-12)10-4-2-1-3-5-10/h6-10H,1-5H2. The average molecular weight is 438 g/mol. The van der Waals surface area contributed by atoms with Crippen LogP contribution in [0.1, 0.15) is 43.6 Å². The van der Waals surface area contributed by atoms with Crippen molar-refractivity contribution in [2.45, 2.75) is 47.8 Å². The first-order valence-electron chi connectivity index (χ1n) is 8.45. The molecule has 0 saturated heterocycles. The molecule has 0 heterocycles. The van der Waals surface area contributed by atoms with Gasteiger partial charge in [-0.05, 0) is 36.5 Å². The van der Waals surface area contributed by atoms with Gasteiger partial charge in [-0.3, -0.25) is 0 Å². The van der Waals surface area contributed by atoms with E-state index in [1.54, 1.807) is 24.3 Å². The van der Waals surface area contributed by atoms with Crippen LogP contribution >= 0.6 is 12.0 Å². The molecule has 0 amide bonds. The lowest BCUT2D eigenvalue weighted by Crippen LogP contribution is -2.13. The molecule has 2 aromatic carbocycles. The fourth-order valence-corrected chi connectivity index (χ4v) is 4.96. The summed E-state index contributed by atoms with van der Waals surface area (Å²) < 4.78 is 95.4. The van der Waals surface area contributed by atoms with Crippen molar-refractivity contribution in [1.29, 1.82) is 0 Å². The van der Waals surface area contributed by atoms with Gasteiger partial charge in [0, 0.05) is 16.9 Å². The van der Waals surface area contributed by atoms with E-state index in [-0.39, 0.29) is 12.0 Å².